The highest BCUT2D eigenvalue weighted by Crippen LogP contribution is 2.19. The topological polar surface area (TPSA) is 152 Å². The van der Waals surface area contributed by atoms with Crippen molar-refractivity contribution in [2.75, 3.05) is 4.72 Å². The molecule has 0 saturated carbocycles. The van der Waals surface area contributed by atoms with Gasteiger partial charge in [-0.15, -0.1) is 0 Å². The van der Waals surface area contributed by atoms with Crippen molar-refractivity contribution in [3.8, 4) is 0 Å². The van der Waals surface area contributed by atoms with Crippen LogP contribution in [0.5, 0.6) is 0 Å². The van der Waals surface area contributed by atoms with Crippen molar-refractivity contribution >= 4 is 32.7 Å². The van der Waals surface area contributed by atoms with Crippen LogP contribution < -0.4 is 20.9 Å². The molecule has 25 heavy (non-hydrogen) atoms. The molecule has 0 saturated heterocycles. The zero-order chi connectivity index (χ0) is 18.2. The number of carboxylic acid groups (broad SMARTS) is 1. The standard InChI is InChI=1S/C15H11N3O6S/c19-13-14(20)17-12-7-10(5-6-11(12)16-13)25(23,24)18-9-3-1-8(2-4-9)15(21)22/h1-7,18H,(H,16,19)(H,17,20)(H,21,22)/p-1. The first-order chi connectivity index (χ1) is 11.8. The van der Waals surface area contributed by atoms with Gasteiger partial charge in [0.1, 0.15) is 0 Å². The molecule has 0 unspecified atom stereocenters. The van der Waals surface area contributed by atoms with Gasteiger partial charge in [-0.3, -0.25) is 14.3 Å². The highest BCUT2D eigenvalue weighted by Gasteiger charge is 2.15. The van der Waals surface area contributed by atoms with Gasteiger partial charge in [0.05, 0.1) is 21.9 Å². The Hall–Kier alpha value is -3.40. The Morgan fingerprint density at radius 2 is 1.52 bits per heavy atom. The molecule has 0 radical (unpaired) electrons. The largest absolute Gasteiger partial charge is 0.545 e. The van der Waals surface area contributed by atoms with Gasteiger partial charge in [0.2, 0.25) is 0 Å². The van der Waals surface area contributed by atoms with Crippen molar-refractivity contribution in [3.05, 3.63) is 68.7 Å². The summed E-state index contributed by atoms with van der Waals surface area (Å²) in [5.41, 5.74) is -1.24. The third kappa shape index (κ3) is 3.28. The Balaban J connectivity index is 1.97. The fourth-order valence-electron chi connectivity index (χ4n) is 2.15. The van der Waals surface area contributed by atoms with Crippen LogP contribution in [0.25, 0.3) is 11.0 Å². The summed E-state index contributed by atoms with van der Waals surface area (Å²) < 4.78 is 27.1. The summed E-state index contributed by atoms with van der Waals surface area (Å²) in [6.45, 7) is 0. The normalized spacial score (nSPS) is 11.4. The van der Waals surface area contributed by atoms with Crippen LogP contribution in [-0.4, -0.2) is 24.4 Å². The van der Waals surface area contributed by atoms with Gasteiger partial charge in [0.25, 0.3) is 10.0 Å². The number of H-pyrrole nitrogens is 2. The molecule has 0 spiro atoms. The number of sulfonamides is 1. The molecule has 0 aliphatic heterocycles. The van der Waals surface area contributed by atoms with Crippen molar-refractivity contribution in [1.82, 2.24) is 9.97 Å². The predicted octanol–water partition coefficient (Wildman–Crippen LogP) is -0.619. The number of aromatic nitrogens is 2. The fraction of sp³-hybridized carbons (Fsp3) is 0. The van der Waals surface area contributed by atoms with E-state index in [1.807, 2.05) is 0 Å². The van der Waals surface area contributed by atoms with Gasteiger partial charge in [0, 0.05) is 5.69 Å². The number of rotatable bonds is 4. The Labute approximate surface area is 140 Å². The maximum Gasteiger partial charge on any atom is 0.314 e. The number of aromatic amines is 2. The zero-order valence-corrected chi connectivity index (χ0v) is 13.2. The van der Waals surface area contributed by atoms with Crippen LogP contribution in [0.4, 0.5) is 5.69 Å². The van der Waals surface area contributed by atoms with E-state index in [4.69, 9.17) is 0 Å². The number of fused-ring (bicyclic) bond motifs is 1. The Morgan fingerprint density at radius 1 is 0.920 bits per heavy atom. The van der Waals surface area contributed by atoms with Crippen molar-refractivity contribution in [2.24, 2.45) is 0 Å². The van der Waals surface area contributed by atoms with Gasteiger partial charge in [-0.2, -0.15) is 0 Å². The van der Waals surface area contributed by atoms with Crippen LogP contribution in [0.15, 0.2) is 56.9 Å². The highest BCUT2D eigenvalue weighted by atomic mass is 32.2. The molecular weight excluding hydrogens is 350 g/mol. The molecule has 3 N–H and O–H groups in total. The van der Waals surface area contributed by atoms with E-state index in [0.29, 0.717) is 0 Å². The minimum atomic E-state index is -3.99. The quantitative estimate of drug-likeness (QED) is 0.527. The maximum absolute atomic E-state index is 12.4. The molecule has 0 aliphatic carbocycles. The Morgan fingerprint density at radius 3 is 2.12 bits per heavy atom. The summed E-state index contributed by atoms with van der Waals surface area (Å²) in [4.78, 5) is 37.8. The summed E-state index contributed by atoms with van der Waals surface area (Å²) in [5, 5.41) is 10.7. The van der Waals surface area contributed by atoms with Crippen LogP contribution in [0.2, 0.25) is 0 Å². The molecule has 1 aromatic heterocycles. The van der Waals surface area contributed by atoms with E-state index in [1.54, 1.807) is 0 Å². The summed E-state index contributed by atoms with van der Waals surface area (Å²) in [6, 6.07) is 8.78. The predicted molar refractivity (Wildman–Crippen MR) is 86.8 cm³/mol. The molecule has 0 atom stereocenters. The second-order valence-corrected chi connectivity index (χ2v) is 6.77. The molecule has 0 fully saturated rings. The molecule has 1 heterocycles. The lowest BCUT2D eigenvalue weighted by Crippen LogP contribution is -2.29. The van der Waals surface area contributed by atoms with E-state index in [-0.39, 0.29) is 27.2 Å². The lowest BCUT2D eigenvalue weighted by atomic mass is 10.2. The molecule has 128 valence electrons. The van der Waals surface area contributed by atoms with E-state index in [0.717, 1.165) is 0 Å². The molecule has 3 aromatic rings. The van der Waals surface area contributed by atoms with Crippen molar-refractivity contribution < 1.29 is 18.3 Å². The average molecular weight is 360 g/mol. The number of benzene rings is 2. The van der Waals surface area contributed by atoms with E-state index in [2.05, 4.69) is 14.7 Å². The summed E-state index contributed by atoms with van der Waals surface area (Å²) in [5.74, 6) is -1.37. The van der Waals surface area contributed by atoms with Gasteiger partial charge >= 0.3 is 11.1 Å². The van der Waals surface area contributed by atoms with Crippen LogP contribution in [0, 0.1) is 0 Å². The third-order valence-electron chi connectivity index (χ3n) is 3.38. The van der Waals surface area contributed by atoms with E-state index in [9.17, 15) is 27.9 Å². The first-order valence-electron chi connectivity index (χ1n) is 6.87. The zero-order valence-electron chi connectivity index (χ0n) is 12.4. The van der Waals surface area contributed by atoms with Gasteiger partial charge in [0.15, 0.2) is 0 Å². The molecule has 0 aliphatic rings. The van der Waals surface area contributed by atoms with Gasteiger partial charge in [-0.05, 0) is 35.9 Å². The second kappa shape index (κ2) is 5.91. The first kappa shape index (κ1) is 16.5. The second-order valence-electron chi connectivity index (χ2n) is 5.09. The molecule has 0 bridgehead atoms. The molecule has 2 aromatic carbocycles. The number of aromatic carboxylic acids is 1. The minimum Gasteiger partial charge on any atom is -0.545 e. The lowest BCUT2D eigenvalue weighted by Gasteiger charge is -2.10. The van der Waals surface area contributed by atoms with Gasteiger partial charge in [-0.1, -0.05) is 12.1 Å². The van der Waals surface area contributed by atoms with Crippen LogP contribution in [0.1, 0.15) is 10.4 Å². The molecule has 3 rings (SSSR count). The number of nitrogens with one attached hydrogen (secondary N) is 3. The van der Waals surface area contributed by atoms with Crippen molar-refractivity contribution in [1.29, 1.82) is 0 Å². The first-order valence-corrected chi connectivity index (χ1v) is 8.35. The number of carbonyl (C=O) groups excluding carboxylic acids is 1. The maximum atomic E-state index is 12.4. The van der Waals surface area contributed by atoms with Crippen LogP contribution in [0.3, 0.4) is 0 Å². The monoisotopic (exact) mass is 360 g/mol. The lowest BCUT2D eigenvalue weighted by molar-refractivity contribution is -0.255. The van der Waals surface area contributed by atoms with Gasteiger partial charge < -0.3 is 19.9 Å². The highest BCUT2D eigenvalue weighted by molar-refractivity contribution is 7.92. The molecular formula is C15H10N3O6S-. The number of hydrogen-bond donors (Lipinski definition) is 3. The summed E-state index contributed by atoms with van der Waals surface area (Å²) in [7, 11) is -3.99. The molecule has 0 amide bonds. The third-order valence-corrected chi connectivity index (χ3v) is 4.76. The van der Waals surface area contributed by atoms with Crippen molar-refractivity contribution in [3.63, 3.8) is 0 Å². The van der Waals surface area contributed by atoms with Gasteiger partial charge in [-0.25, -0.2) is 8.42 Å². The fourth-order valence-corrected chi connectivity index (χ4v) is 3.23. The Kier molecular flexibility index (Phi) is 3.89. The number of hydrogen-bond acceptors (Lipinski definition) is 6. The summed E-state index contributed by atoms with van der Waals surface area (Å²) in [6.07, 6.45) is 0. The number of carboxylic acids is 1. The van der Waals surface area contributed by atoms with E-state index in [1.165, 1.54) is 42.5 Å². The Bertz CT molecular complexity index is 1190. The SMILES string of the molecule is O=C([O-])c1ccc(NS(=O)(=O)c2ccc3[nH]c(=O)c(=O)[nH]c3c2)cc1. The van der Waals surface area contributed by atoms with E-state index >= 15 is 0 Å². The molecule has 9 nitrogen and oxygen atoms in total. The average Bonchev–Trinajstić information content (AvgIpc) is 2.55. The minimum absolute atomic E-state index is 0.0878. The van der Waals surface area contributed by atoms with Crippen LogP contribution >= 0.6 is 0 Å². The molecule has 10 heteroatoms. The summed E-state index contributed by atoms with van der Waals surface area (Å²) >= 11 is 0. The smallest absolute Gasteiger partial charge is 0.314 e. The van der Waals surface area contributed by atoms with Crippen LogP contribution in [-0.2, 0) is 10.0 Å². The number of carbonyl (C=O) groups is 1. The van der Waals surface area contributed by atoms with E-state index < -0.39 is 27.1 Å². The number of anilines is 1. The van der Waals surface area contributed by atoms with Crippen molar-refractivity contribution in [2.45, 2.75) is 4.90 Å².